The van der Waals surface area contributed by atoms with Crippen molar-refractivity contribution < 1.29 is 0 Å². The highest BCUT2D eigenvalue weighted by Gasteiger charge is 2.32. The zero-order valence-corrected chi connectivity index (χ0v) is 12.8. The van der Waals surface area contributed by atoms with Crippen molar-refractivity contribution in [3.05, 3.63) is 35.4 Å². The molecule has 0 heterocycles. The fourth-order valence-corrected chi connectivity index (χ4v) is 3.33. The van der Waals surface area contributed by atoms with E-state index < -0.39 is 0 Å². The fraction of sp³-hybridized carbons (Fsp3) is 0.647. The molecule has 0 aliphatic heterocycles. The lowest BCUT2D eigenvalue weighted by atomic mass is 9.88. The highest BCUT2D eigenvalue weighted by atomic mass is 35.5. The summed E-state index contributed by atoms with van der Waals surface area (Å²) in [5.41, 5.74) is 3.17. The lowest BCUT2D eigenvalue weighted by Crippen LogP contribution is -2.45. The third kappa shape index (κ3) is 4.50. The van der Waals surface area contributed by atoms with Crippen LogP contribution in [-0.4, -0.2) is 18.0 Å². The molecule has 2 heteroatoms. The summed E-state index contributed by atoms with van der Waals surface area (Å²) in [4.78, 5) is 0. The van der Waals surface area contributed by atoms with E-state index in [4.69, 9.17) is 11.6 Å². The van der Waals surface area contributed by atoms with E-state index >= 15 is 0 Å². The second-order valence-electron chi connectivity index (χ2n) is 5.97. The Balaban J connectivity index is 1.93. The van der Waals surface area contributed by atoms with E-state index in [-0.39, 0.29) is 0 Å². The molecule has 1 fully saturated rings. The summed E-state index contributed by atoms with van der Waals surface area (Å²) in [5, 5.41) is 3.83. The summed E-state index contributed by atoms with van der Waals surface area (Å²) < 4.78 is 0. The maximum atomic E-state index is 5.75. The molecule has 0 amide bonds. The van der Waals surface area contributed by atoms with Crippen LogP contribution in [-0.2, 0) is 6.42 Å². The van der Waals surface area contributed by atoms with E-state index in [0.717, 1.165) is 18.8 Å². The van der Waals surface area contributed by atoms with Gasteiger partial charge < -0.3 is 5.32 Å². The molecule has 0 aromatic heterocycles. The minimum atomic E-state index is 0.349. The average Bonchev–Trinajstić information content (AvgIpc) is 2.87. The van der Waals surface area contributed by atoms with E-state index in [9.17, 15) is 0 Å². The topological polar surface area (TPSA) is 12.0 Å². The molecule has 1 aliphatic carbocycles. The standard InChI is InChI=1S/C17H26ClN/c1-15-6-8-16(9-7-15)14-17(10-2-3-11-17)19-13-5-4-12-18/h6-9,19H,2-5,10-14H2,1H3. The van der Waals surface area contributed by atoms with Gasteiger partial charge in [0.05, 0.1) is 0 Å². The van der Waals surface area contributed by atoms with Gasteiger partial charge in [0.2, 0.25) is 0 Å². The minimum Gasteiger partial charge on any atom is -0.311 e. The third-order valence-corrected chi connectivity index (χ3v) is 4.55. The van der Waals surface area contributed by atoms with Crippen LogP contribution in [0.2, 0.25) is 0 Å². The van der Waals surface area contributed by atoms with Gasteiger partial charge in [-0.1, -0.05) is 42.7 Å². The Bertz CT molecular complexity index is 365. The van der Waals surface area contributed by atoms with Gasteiger partial charge in [0.25, 0.3) is 0 Å². The quantitative estimate of drug-likeness (QED) is 0.574. The number of hydrogen-bond acceptors (Lipinski definition) is 1. The predicted molar refractivity (Wildman–Crippen MR) is 84.0 cm³/mol. The number of alkyl halides is 1. The van der Waals surface area contributed by atoms with Crippen molar-refractivity contribution in [2.75, 3.05) is 12.4 Å². The van der Waals surface area contributed by atoms with Gasteiger partial charge in [-0.05, 0) is 51.1 Å². The van der Waals surface area contributed by atoms with Crippen LogP contribution in [0.1, 0.15) is 49.7 Å². The van der Waals surface area contributed by atoms with Crippen molar-refractivity contribution in [2.45, 2.75) is 57.4 Å². The third-order valence-electron chi connectivity index (χ3n) is 4.28. The zero-order valence-electron chi connectivity index (χ0n) is 12.1. The number of aryl methyl sites for hydroxylation is 1. The van der Waals surface area contributed by atoms with Gasteiger partial charge in [-0.2, -0.15) is 0 Å². The first-order valence-electron chi connectivity index (χ1n) is 7.61. The Morgan fingerprint density at radius 2 is 1.79 bits per heavy atom. The second-order valence-corrected chi connectivity index (χ2v) is 6.35. The van der Waals surface area contributed by atoms with Crippen molar-refractivity contribution in [3.8, 4) is 0 Å². The van der Waals surface area contributed by atoms with Crippen molar-refractivity contribution in [3.63, 3.8) is 0 Å². The molecule has 1 saturated carbocycles. The summed E-state index contributed by atoms with van der Waals surface area (Å²) in [6.45, 7) is 3.26. The Hall–Kier alpha value is -0.530. The van der Waals surface area contributed by atoms with Crippen LogP contribution in [0.25, 0.3) is 0 Å². The molecule has 19 heavy (non-hydrogen) atoms. The van der Waals surface area contributed by atoms with Gasteiger partial charge in [-0.3, -0.25) is 0 Å². The van der Waals surface area contributed by atoms with Gasteiger partial charge in [-0.25, -0.2) is 0 Å². The summed E-state index contributed by atoms with van der Waals surface area (Å²) >= 11 is 5.75. The maximum absolute atomic E-state index is 5.75. The van der Waals surface area contributed by atoms with E-state index in [0.29, 0.717) is 5.54 Å². The van der Waals surface area contributed by atoms with Gasteiger partial charge >= 0.3 is 0 Å². The van der Waals surface area contributed by atoms with E-state index in [1.165, 1.54) is 49.7 Å². The van der Waals surface area contributed by atoms with Crippen molar-refractivity contribution >= 4 is 11.6 Å². The SMILES string of the molecule is Cc1ccc(CC2(NCCCCCl)CCCC2)cc1. The van der Waals surface area contributed by atoms with Crippen LogP contribution in [0, 0.1) is 6.92 Å². The van der Waals surface area contributed by atoms with Gasteiger partial charge in [0.1, 0.15) is 0 Å². The van der Waals surface area contributed by atoms with Crippen molar-refractivity contribution in [1.82, 2.24) is 5.32 Å². The van der Waals surface area contributed by atoms with E-state index in [1.807, 2.05) is 0 Å². The minimum absolute atomic E-state index is 0.349. The Kier molecular flexibility index (Phi) is 5.72. The second kappa shape index (κ2) is 7.31. The molecular weight excluding hydrogens is 254 g/mol. The van der Waals surface area contributed by atoms with Crippen molar-refractivity contribution in [2.24, 2.45) is 0 Å². The molecule has 106 valence electrons. The highest BCUT2D eigenvalue weighted by Crippen LogP contribution is 2.33. The number of rotatable bonds is 7. The Labute approximate surface area is 122 Å². The van der Waals surface area contributed by atoms with Crippen LogP contribution >= 0.6 is 11.6 Å². The molecule has 2 rings (SSSR count). The maximum Gasteiger partial charge on any atom is 0.0223 e. The molecule has 0 spiro atoms. The molecular formula is C17H26ClN. The van der Waals surface area contributed by atoms with Crippen LogP contribution in [0.3, 0.4) is 0 Å². The van der Waals surface area contributed by atoms with Crippen LogP contribution in [0.5, 0.6) is 0 Å². The number of hydrogen-bond donors (Lipinski definition) is 1. The summed E-state index contributed by atoms with van der Waals surface area (Å²) in [7, 11) is 0. The van der Waals surface area contributed by atoms with Crippen LogP contribution in [0.4, 0.5) is 0 Å². The van der Waals surface area contributed by atoms with E-state index in [1.54, 1.807) is 0 Å². The molecule has 0 radical (unpaired) electrons. The van der Waals surface area contributed by atoms with Gasteiger partial charge in [0, 0.05) is 11.4 Å². The Morgan fingerprint density at radius 1 is 1.11 bits per heavy atom. The molecule has 1 N–H and O–H groups in total. The van der Waals surface area contributed by atoms with Crippen LogP contribution in [0.15, 0.2) is 24.3 Å². The summed E-state index contributed by atoms with van der Waals surface area (Å²) in [6.07, 6.45) is 8.87. The monoisotopic (exact) mass is 279 g/mol. The molecule has 1 nitrogen and oxygen atoms in total. The van der Waals surface area contributed by atoms with Gasteiger partial charge in [0.15, 0.2) is 0 Å². The fourth-order valence-electron chi connectivity index (χ4n) is 3.14. The first-order chi connectivity index (χ1) is 9.24. The number of nitrogens with one attached hydrogen (secondary N) is 1. The van der Waals surface area contributed by atoms with E-state index in [2.05, 4.69) is 36.5 Å². The lowest BCUT2D eigenvalue weighted by molar-refractivity contribution is 0.327. The smallest absolute Gasteiger partial charge is 0.0223 e. The summed E-state index contributed by atoms with van der Waals surface area (Å²) in [5.74, 6) is 0.784. The molecule has 0 bridgehead atoms. The Morgan fingerprint density at radius 3 is 2.42 bits per heavy atom. The van der Waals surface area contributed by atoms with Crippen molar-refractivity contribution in [1.29, 1.82) is 0 Å². The molecule has 1 aromatic carbocycles. The first kappa shape index (κ1) is 14.9. The highest BCUT2D eigenvalue weighted by molar-refractivity contribution is 6.17. The molecule has 1 aliphatic rings. The predicted octanol–water partition coefficient (Wildman–Crippen LogP) is 4.46. The van der Waals surface area contributed by atoms with Crippen LogP contribution < -0.4 is 5.32 Å². The van der Waals surface area contributed by atoms with Gasteiger partial charge in [-0.15, -0.1) is 11.6 Å². The zero-order chi connectivity index (χ0) is 13.6. The largest absolute Gasteiger partial charge is 0.311 e. The summed E-state index contributed by atoms with van der Waals surface area (Å²) in [6, 6.07) is 9.03. The average molecular weight is 280 g/mol. The molecule has 0 unspecified atom stereocenters. The lowest BCUT2D eigenvalue weighted by Gasteiger charge is -2.31. The number of benzene rings is 1. The number of halogens is 1. The first-order valence-corrected chi connectivity index (χ1v) is 8.14. The molecule has 0 saturated heterocycles. The molecule has 0 atom stereocenters. The normalized spacial score (nSPS) is 17.8. The number of unbranched alkanes of at least 4 members (excludes halogenated alkanes) is 1. The molecule has 1 aromatic rings.